The lowest BCUT2D eigenvalue weighted by Crippen LogP contribution is -2.13. The SMILES string of the molecule is c1ccc(N(c2ccccc2)c2cc(N(c3ccccc3)c3ccccc3)c3c(c2)sc2ccc(N(c4ccccc4)c4cccc5oc6ccccc6c45)cc23)cc1. The Morgan fingerprint density at radius 2 is 0.780 bits per heavy atom. The van der Waals surface area contributed by atoms with Crippen molar-refractivity contribution in [1.29, 1.82) is 0 Å². The van der Waals surface area contributed by atoms with E-state index in [2.05, 4.69) is 227 Å². The topological polar surface area (TPSA) is 22.9 Å². The first kappa shape index (κ1) is 34.6. The highest BCUT2D eigenvalue weighted by Gasteiger charge is 2.25. The van der Waals surface area contributed by atoms with Gasteiger partial charge in [-0.3, -0.25) is 0 Å². The highest BCUT2D eigenvalue weighted by molar-refractivity contribution is 7.26. The maximum atomic E-state index is 6.42. The number of rotatable bonds is 9. The summed E-state index contributed by atoms with van der Waals surface area (Å²) in [5.74, 6) is 0. The molecule has 2 aromatic heterocycles. The van der Waals surface area contributed by atoms with Crippen LogP contribution in [0.5, 0.6) is 0 Å². The van der Waals surface area contributed by atoms with Crippen LogP contribution in [0.3, 0.4) is 0 Å². The fourth-order valence-electron chi connectivity index (χ4n) is 8.43. The van der Waals surface area contributed by atoms with Crippen LogP contribution < -0.4 is 14.7 Å². The van der Waals surface area contributed by atoms with Crippen molar-refractivity contribution in [2.45, 2.75) is 0 Å². The van der Waals surface area contributed by atoms with Gasteiger partial charge < -0.3 is 19.1 Å². The second kappa shape index (κ2) is 14.7. The van der Waals surface area contributed by atoms with Crippen LogP contribution in [0.2, 0.25) is 0 Å². The predicted octanol–water partition coefficient (Wildman–Crippen LogP) is 16.4. The average molecular weight is 776 g/mol. The molecule has 0 saturated carbocycles. The van der Waals surface area contributed by atoms with E-state index in [-0.39, 0.29) is 0 Å². The van der Waals surface area contributed by atoms with Crippen molar-refractivity contribution in [3.8, 4) is 0 Å². The maximum absolute atomic E-state index is 6.42. The van der Waals surface area contributed by atoms with E-state index in [0.717, 1.165) is 73.1 Å². The first-order valence-electron chi connectivity index (χ1n) is 19.8. The van der Waals surface area contributed by atoms with Gasteiger partial charge in [0.15, 0.2) is 0 Å². The van der Waals surface area contributed by atoms with Crippen molar-refractivity contribution in [3.63, 3.8) is 0 Å². The van der Waals surface area contributed by atoms with Crippen LogP contribution in [0.1, 0.15) is 0 Å². The summed E-state index contributed by atoms with van der Waals surface area (Å²) in [6, 6.07) is 79.8. The third kappa shape index (κ3) is 6.16. The van der Waals surface area contributed by atoms with E-state index in [0.29, 0.717) is 0 Å². The molecule has 9 aromatic carbocycles. The van der Waals surface area contributed by atoms with Crippen molar-refractivity contribution in [2.75, 3.05) is 14.7 Å². The van der Waals surface area contributed by atoms with Gasteiger partial charge in [0.05, 0.1) is 16.8 Å². The molecule has 0 amide bonds. The van der Waals surface area contributed by atoms with E-state index in [1.807, 2.05) is 23.5 Å². The third-order valence-corrected chi connectivity index (χ3v) is 12.1. The van der Waals surface area contributed by atoms with Crippen LogP contribution in [0.15, 0.2) is 229 Å². The minimum Gasteiger partial charge on any atom is -0.456 e. The standard InChI is InChI=1S/C54H37N3OS/c1-6-19-38(20-7-1)55(39-21-8-2-9-22-39)44-36-48(56(40-23-10-3-11-24-40)41-25-12-4-13-26-41)54-46-35-43(33-34-51(46)59-52(54)37-44)57(42-27-14-5-15-28-42)47-30-18-32-50-53(47)45-29-16-17-31-49(45)58-50/h1-37H. The van der Waals surface area contributed by atoms with Crippen LogP contribution in [0.25, 0.3) is 42.1 Å². The van der Waals surface area contributed by atoms with Gasteiger partial charge in [-0.15, -0.1) is 11.3 Å². The Hall–Kier alpha value is -7.60. The molecule has 59 heavy (non-hydrogen) atoms. The Morgan fingerprint density at radius 3 is 1.36 bits per heavy atom. The quantitative estimate of drug-likeness (QED) is 0.146. The zero-order valence-corrected chi connectivity index (χ0v) is 32.8. The molecular weight excluding hydrogens is 739 g/mol. The molecule has 4 nitrogen and oxygen atoms in total. The molecule has 0 aliphatic rings. The van der Waals surface area contributed by atoms with E-state index in [4.69, 9.17) is 4.42 Å². The van der Waals surface area contributed by atoms with Gasteiger partial charge in [-0.2, -0.15) is 0 Å². The van der Waals surface area contributed by atoms with Crippen molar-refractivity contribution >= 4 is 105 Å². The molecule has 5 heteroatoms. The summed E-state index contributed by atoms with van der Waals surface area (Å²) in [7, 11) is 0. The molecule has 0 aliphatic heterocycles. The molecule has 0 N–H and O–H groups in total. The first-order valence-corrected chi connectivity index (χ1v) is 20.7. The van der Waals surface area contributed by atoms with Gasteiger partial charge in [-0.1, -0.05) is 115 Å². The summed E-state index contributed by atoms with van der Waals surface area (Å²) < 4.78 is 8.83. The molecule has 0 spiro atoms. The van der Waals surface area contributed by atoms with Crippen molar-refractivity contribution in [1.82, 2.24) is 0 Å². The van der Waals surface area contributed by atoms with Gasteiger partial charge in [-0.25, -0.2) is 0 Å². The molecule has 0 fully saturated rings. The molecule has 0 aliphatic carbocycles. The van der Waals surface area contributed by atoms with E-state index >= 15 is 0 Å². The minimum atomic E-state index is 0.865. The summed E-state index contributed by atoms with van der Waals surface area (Å²) >= 11 is 1.84. The number of nitrogens with zero attached hydrogens (tertiary/aromatic N) is 3. The average Bonchev–Trinajstić information content (AvgIpc) is 3.87. The van der Waals surface area contributed by atoms with Crippen LogP contribution >= 0.6 is 11.3 Å². The van der Waals surface area contributed by atoms with E-state index < -0.39 is 0 Å². The Bertz CT molecular complexity index is 3140. The number of thiophene rings is 1. The summed E-state index contributed by atoms with van der Waals surface area (Å²) in [4.78, 5) is 7.14. The van der Waals surface area contributed by atoms with Crippen molar-refractivity contribution < 1.29 is 4.42 Å². The van der Waals surface area contributed by atoms with E-state index in [1.165, 1.54) is 20.2 Å². The fourth-order valence-corrected chi connectivity index (χ4v) is 9.57. The minimum absolute atomic E-state index is 0.865. The Balaban J connectivity index is 1.21. The summed E-state index contributed by atoms with van der Waals surface area (Å²) in [5, 5.41) is 4.58. The first-order chi connectivity index (χ1) is 29.3. The molecule has 280 valence electrons. The lowest BCUT2D eigenvalue weighted by molar-refractivity contribution is 0.669. The van der Waals surface area contributed by atoms with Gasteiger partial charge in [-0.05, 0) is 109 Å². The number of para-hydroxylation sites is 6. The second-order valence-corrected chi connectivity index (χ2v) is 15.6. The van der Waals surface area contributed by atoms with E-state index in [1.54, 1.807) is 0 Å². The molecule has 11 rings (SSSR count). The van der Waals surface area contributed by atoms with Gasteiger partial charge in [0.2, 0.25) is 0 Å². The Labute approximate surface area is 346 Å². The summed E-state index contributed by atoms with van der Waals surface area (Å²) in [6.45, 7) is 0. The number of fused-ring (bicyclic) bond motifs is 6. The molecule has 0 saturated heterocycles. The summed E-state index contributed by atoms with van der Waals surface area (Å²) in [5.41, 5.74) is 11.5. The van der Waals surface area contributed by atoms with Gasteiger partial charge >= 0.3 is 0 Å². The van der Waals surface area contributed by atoms with Crippen molar-refractivity contribution in [2.24, 2.45) is 0 Å². The number of anilines is 9. The Morgan fingerprint density at radius 1 is 0.288 bits per heavy atom. The maximum Gasteiger partial charge on any atom is 0.137 e. The van der Waals surface area contributed by atoms with Gasteiger partial charge in [0.25, 0.3) is 0 Å². The predicted molar refractivity (Wildman–Crippen MR) is 251 cm³/mol. The van der Waals surface area contributed by atoms with Crippen LogP contribution in [-0.2, 0) is 0 Å². The number of hydrogen-bond acceptors (Lipinski definition) is 5. The molecule has 0 unspecified atom stereocenters. The molecule has 0 atom stereocenters. The second-order valence-electron chi connectivity index (χ2n) is 14.6. The van der Waals surface area contributed by atoms with Crippen LogP contribution in [0, 0.1) is 0 Å². The fraction of sp³-hybridized carbons (Fsp3) is 0. The van der Waals surface area contributed by atoms with Gasteiger partial charge in [0, 0.05) is 65.4 Å². The smallest absolute Gasteiger partial charge is 0.137 e. The van der Waals surface area contributed by atoms with Crippen molar-refractivity contribution in [3.05, 3.63) is 224 Å². The third-order valence-electron chi connectivity index (χ3n) is 11.0. The number of benzene rings is 9. The van der Waals surface area contributed by atoms with Gasteiger partial charge in [0.1, 0.15) is 11.2 Å². The van der Waals surface area contributed by atoms with Crippen LogP contribution in [0.4, 0.5) is 51.2 Å². The highest BCUT2D eigenvalue weighted by Crippen LogP contribution is 2.51. The highest BCUT2D eigenvalue weighted by atomic mass is 32.1. The number of hydrogen-bond donors (Lipinski definition) is 0. The molecule has 2 heterocycles. The number of furan rings is 1. The zero-order valence-electron chi connectivity index (χ0n) is 32.0. The largest absolute Gasteiger partial charge is 0.456 e. The normalized spacial score (nSPS) is 11.4. The monoisotopic (exact) mass is 775 g/mol. The summed E-state index contributed by atoms with van der Waals surface area (Å²) in [6.07, 6.45) is 0. The Kier molecular flexibility index (Phi) is 8.64. The molecule has 0 bridgehead atoms. The lowest BCUT2D eigenvalue weighted by atomic mass is 10.0. The van der Waals surface area contributed by atoms with E-state index in [9.17, 15) is 0 Å². The molecule has 0 radical (unpaired) electrons. The molecule has 11 aromatic rings. The zero-order chi connectivity index (χ0) is 39.1. The van der Waals surface area contributed by atoms with Crippen LogP contribution in [-0.4, -0.2) is 0 Å². The molecular formula is C54H37N3OS. The lowest BCUT2D eigenvalue weighted by Gasteiger charge is -2.30.